The molecular formula is C26H40N5O5+. The van der Waals surface area contributed by atoms with Crippen molar-refractivity contribution in [1.82, 2.24) is 19.2 Å². The van der Waals surface area contributed by atoms with Gasteiger partial charge in [0.05, 0.1) is 38.0 Å². The first-order valence-electron chi connectivity index (χ1n) is 12.9. The van der Waals surface area contributed by atoms with Crippen molar-refractivity contribution in [3.05, 3.63) is 36.4 Å². The van der Waals surface area contributed by atoms with E-state index in [0.29, 0.717) is 13.1 Å². The van der Waals surface area contributed by atoms with Crippen LogP contribution in [0.2, 0.25) is 0 Å². The van der Waals surface area contributed by atoms with Gasteiger partial charge in [-0.3, -0.25) is 4.68 Å². The van der Waals surface area contributed by atoms with Crippen molar-refractivity contribution >= 4 is 11.0 Å². The van der Waals surface area contributed by atoms with E-state index < -0.39 is 31.0 Å². The average molecular weight is 503 g/mol. The number of hydrogen-bond acceptors (Lipinski definition) is 7. The van der Waals surface area contributed by atoms with Crippen LogP contribution in [0.25, 0.3) is 22.2 Å². The largest absolute Gasteiger partial charge is 0.394 e. The van der Waals surface area contributed by atoms with Crippen molar-refractivity contribution in [2.45, 2.75) is 77.2 Å². The summed E-state index contributed by atoms with van der Waals surface area (Å²) in [5.74, 6) is 1.26. The number of fused-ring (bicyclic) bond motifs is 1. The summed E-state index contributed by atoms with van der Waals surface area (Å²) in [5, 5.41) is 53.3. The molecule has 198 valence electrons. The number of benzene rings is 1. The van der Waals surface area contributed by atoms with Crippen molar-refractivity contribution in [2.24, 2.45) is 0 Å². The smallest absolute Gasteiger partial charge is 0.254 e. The Morgan fingerprint density at radius 2 is 1.72 bits per heavy atom. The van der Waals surface area contributed by atoms with Gasteiger partial charge in [0, 0.05) is 38.3 Å². The first-order chi connectivity index (χ1) is 17.3. The van der Waals surface area contributed by atoms with E-state index in [9.17, 15) is 20.4 Å². The van der Waals surface area contributed by atoms with Gasteiger partial charge in [-0.1, -0.05) is 0 Å². The topological polar surface area (TPSA) is 131 Å². The van der Waals surface area contributed by atoms with Gasteiger partial charge in [-0.05, 0) is 50.5 Å². The highest BCUT2D eigenvalue weighted by Crippen LogP contribution is 2.28. The summed E-state index contributed by atoms with van der Waals surface area (Å²) in [6.07, 6.45) is -0.119. The monoisotopic (exact) mass is 502 g/mol. The van der Waals surface area contributed by atoms with Gasteiger partial charge in [-0.25, -0.2) is 9.13 Å². The van der Waals surface area contributed by atoms with E-state index >= 15 is 0 Å². The second-order valence-corrected chi connectivity index (χ2v) is 9.78. The van der Waals surface area contributed by atoms with E-state index in [1.165, 1.54) is 16.9 Å². The molecule has 1 aliphatic rings. The van der Waals surface area contributed by atoms with Crippen LogP contribution in [0.1, 0.15) is 38.6 Å². The highest BCUT2D eigenvalue weighted by molar-refractivity contribution is 5.80. The van der Waals surface area contributed by atoms with Gasteiger partial charge in [-0.15, -0.1) is 0 Å². The Morgan fingerprint density at radius 1 is 1.03 bits per heavy atom. The SMILES string of the molecule is CCn1c(C)[n+](CC)c2ccc(-c3cnn(C4CCN(C[C@H](O)[C@@H](O)[C@H](O)[C@H](O)CO)CC4)c3)cc21. The normalized spacial score (nSPS) is 19.0. The Kier molecular flexibility index (Phi) is 8.44. The summed E-state index contributed by atoms with van der Waals surface area (Å²) in [6, 6.07) is 6.84. The molecule has 10 nitrogen and oxygen atoms in total. The summed E-state index contributed by atoms with van der Waals surface area (Å²) < 4.78 is 6.71. The molecule has 0 aliphatic carbocycles. The second kappa shape index (κ2) is 11.4. The van der Waals surface area contributed by atoms with E-state index in [4.69, 9.17) is 5.11 Å². The maximum Gasteiger partial charge on any atom is 0.254 e. The van der Waals surface area contributed by atoms with Crippen LogP contribution in [0.3, 0.4) is 0 Å². The summed E-state index contributed by atoms with van der Waals surface area (Å²) in [6.45, 7) is 9.30. The summed E-state index contributed by atoms with van der Waals surface area (Å²) in [5.41, 5.74) is 4.69. The van der Waals surface area contributed by atoms with Gasteiger partial charge < -0.3 is 30.4 Å². The predicted molar refractivity (Wildman–Crippen MR) is 135 cm³/mol. The Hall–Kier alpha value is -2.34. The van der Waals surface area contributed by atoms with Crippen LogP contribution in [-0.2, 0) is 13.1 Å². The minimum absolute atomic E-state index is 0.182. The lowest BCUT2D eigenvalue weighted by molar-refractivity contribution is -0.674. The molecule has 4 rings (SSSR count). The number of imidazole rings is 1. The molecule has 1 fully saturated rings. The van der Waals surface area contributed by atoms with E-state index in [1.807, 2.05) is 15.8 Å². The number of nitrogens with zero attached hydrogens (tertiary/aromatic N) is 5. The van der Waals surface area contributed by atoms with Gasteiger partial charge in [0.15, 0.2) is 11.0 Å². The number of rotatable bonds is 10. The van der Waals surface area contributed by atoms with Crippen LogP contribution in [0.15, 0.2) is 30.6 Å². The molecule has 10 heteroatoms. The molecule has 0 amide bonds. The molecular weight excluding hydrogens is 462 g/mol. The van der Waals surface area contributed by atoms with Gasteiger partial charge in [0.25, 0.3) is 5.82 Å². The van der Waals surface area contributed by atoms with Crippen molar-refractivity contribution < 1.29 is 30.1 Å². The fourth-order valence-corrected chi connectivity index (χ4v) is 5.43. The minimum atomic E-state index is -1.60. The Bertz CT molecular complexity index is 1150. The molecule has 0 spiro atoms. The third-order valence-electron chi connectivity index (χ3n) is 7.61. The second-order valence-electron chi connectivity index (χ2n) is 9.78. The van der Waals surface area contributed by atoms with Crippen LogP contribution in [0.5, 0.6) is 0 Å². The Labute approximate surface area is 211 Å². The average Bonchev–Trinajstić information content (AvgIpc) is 3.49. The van der Waals surface area contributed by atoms with Crippen molar-refractivity contribution in [3.8, 4) is 11.1 Å². The molecule has 0 radical (unpaired) electrons. The molecule has 5 N–H and O–H groups in total. The standard InChI is InChI=1S/C26H40N5O5/c1-4-29-17(3)30(5-2)22-12-18(6-7-21(22)29)19-13-27-31(14-19)20-8-10-28(11-9-20)15-23(33)25(35)26(36)24(34)16-32/h6-7,12-14,20,23-26,32-36H,4-5,8-11,15-16H2,1-3H3/q+1/t23-,24+,25+,26+/m0/s1. The number of hydrogen-bond donors (Lipinski definition) is 5. The minimum Gasteiger partial charge on any atom is -0.394 e. The number of piperidine rings is 1. The number of aryl methyl sites for hydroxylation is 2. The summed E-state index contributed by atoms with van der Waals surface area (Å²) in [4.78, 5) is 2.03. The number of aromatic nitrogens is 4. The Balaban J connectivity index is 1.40. The van der Waals surface area contributed by atoms with E-state index in [0.717, 1.165) is 37.1 Å². The van der Waals surface area contributed by atoms with Crippen molar-refractivity contribution in [3.63, 3.8) is 0 Å². The van der Waals surface area contributed by atoms with Gasteiger partial charge in [0.2, 0.25) is 0 Å². The lowest BCUT2D eigenvalue weighted by atomic mass is 10.0. The van der Waals surface area contributed by atoms with Crippen molar-refractivity contribution in [1.29, 1.82) is 0 Å². The highest BCUT2D eigenvalue weighted by atomic mass is 16.4. The number of likely N-dealkylation sites (tertiary alicyclic amines) is 1. The number of aliphatic hydroxyl groups excluding tert-OH is 5. The molecule has 1 aromatic carbocycles. The van der Waals surface area contributed by atoms with Crippen LogP contribution in [-0.4, -0.2) is 95.4 Å². The van der Waals surface area contributed by atoms with Crippen molar-refractivity contribution in [2.75, 3.05) is 26.2 Å². The van der Waals surface area contributed by atoms with Crippen LogP contribution < -0.4 is 4.57 Å². The quantitative estimate of drug-likeness (QED) is 0.251. The highest BCUT2D eigenvalue weighted by Gasteiger charge is 2.32. The predicted octanol–water partition coefficient (Wildman–Crippen LogP) is 0.213. The third kappa shape index (κ3) is 5.20. The van der Waals surface area contributed by atoms with Gasteiger partial charge in [0.1, 0.15) is 18.3 Å². The first-order valence-corrected chi connectivity index (χ1v) is 12.9. The zero-order valence-corrected chi connectivity index (χ0v) is 21.4. The van der Waals surface area contributed by atoms with E-state index in [2.05, 4.69) is 59.4 Å². The van der Waals surface area contributed by atoms with Crippen LogP contribution in [0, 0.1) is 6.92 Å². The molecule has 0 unspecified atom stereocenters. The molecule has 4 atom stereocenters. The molecule has 2 aromatic heterocycles. The van der Waals surface area contributed by atoms with Gasteiger partial charge >= 0.3 is 0 Å². The maximum absolute atomic E-state index is 10.3. The molecule has 36 heavy (non-hydrogen) atoms. The fraction of sp³-hybridized carbons (Fsp3) is 0.615. The summed E-state index contributed by atoms with van der Waals surface area (Å²) in [7, 11) is 0. The molecule has 1 saturated heterocycles. The zero-order valence-electron chi connectivity index (χ0n) is 21.4. The lowest BCUT2D eigenvalue weighted by Gasteiger charge is -2.35. The van der Waals surface area contributed by atoms with Crippen LogP contribution >= 0.6 is 0 Å². The van der Waals surface area contributed by atoms with Gasteiger partial charge in [-0.2, -0.15) is 5.10 Å². The van der Waals surface area contributed by atoms with E-state index in [-0.39, 0.29) is 12.6 Å². The first kappa shape index (κ1) is 26.7. The lowest BCUT2D eigenvalue weighted by Crippen LogP contribution is -2.50. The third-order valence-corrected chi connectivity index (χ3v) is 7.61. The molecule has 3 heterocycles. The summed E-state index contributed by atoms with van der Waals surface area (Å²) >= 11 is 0. The molecule has 1 aliphatic heterocycles. The molecule has 0 saturated carbocycles. The van der Waals surface area contributed by atoms with E-state index in [1.54, 1.807) is 0 Å². The number of aliphatic hydroxyl groups is 5. The fourth-order valence-electron chi connectivity index (χ4n) is 5.43. The van der Waals surface area contributed by atoms with Crippen LogP contribution in [0.4, 0.5) is 0 Å². The molecule has 3 aromatic rings. The molecule has 0 bridgehead atoms. The Morgan fingerprint density at radius 3 is 2.36 bits per heavy atom. The zero-order chi connectivity index (χ0) is 26.0. The maximum atomic E-state index is 10.3. The number of β-amino-alcohol motifs (C(OH)–C–C–N with tert-alkyl or cyclic N) is 1.